The average molecular weight is 301 g/mol. The summed E-state index contributed by atoms with van der Waals surface area (Å²) in [6.45, 7) is 0. The lowest BCUT2D eigenvalue weighted by Crippen LogP contribution is -1.96. The van der Waals surface area contributed by atoms with E-state index in [2.05, 4.69) is 15.9 Å². The van der Waals surface area contributed by atoms with Crippen LogP contribution in [0.2, 0.25) is 0 Å². The van der Waals surface area contributed by atoms with Crippen LogP contribution in [0.25, 0.3) is 0 Å². The molecule has 0 saturated carbocycles. The zero-order valence-corrected chi connectivity index (χ0v) is 11.0. The largest absolute Gasteiger partial charge is 0.496 e. The Morgan fingerprint density at radius 3 is 2.81 bits per heavy atom. The number of halogens is 2. The molecule has 1 aromatic carbocycles. The first-order valence-electron chi connectivity index (χ1n) is 4.72. The first-order chi connectivity index (χ1) is 7.72. The minimum absolute atomic E-state index is 0.0376. The van der Waals surface area contributed by atoms with Crippen molar-refractivity contribution in [2.24, 2.45) is 0 Å². The van der Waals surface area contributed by atoms with Gasteiger partial charge in [-0.25, -0.2) is 4.39 Å². The smallest absolute Gasteiger partial charge is 0.123 e. The van der Waals surface area contributed by atoms with E-state index in [1.807, 2.05) is 16.8 Å². The van der Waals surface area contributed by atoms with E-state index in [-0.39, 0.29) is 10.6 Å². The maximum absolute atomic E-state index is 13.2. The third-order valence-corrected chi connectivity index (χ3v) is 4.02. The number of ether oxygens (including phenoxy) is 1. The molecule has 1 heterocycles. The van der Waals surface area contributed by atoms with Crippen LogP contribution in [0.15, 0.2) is 35.0 Å². The summed E-state index contributed by atoms with van der Waals surface area (Å²) in [6, 6.07) is 6.55. The van der Waals surface area contributed by atoms with E-state index in [1.54, 1.807) is 24.5 Å². The van der Waals surface area contributed by atoms with Crippen molar-refractivity contribution in [3.8, 4) is 5.75 Å². The van der Waals surface area contributed by atoms with Gasteiger partial charge in [-0.1, -0.05) is 15.9 Å². The van der Waals surface area contributed by atoms with Gasteiger partial charge >= 0.3 is 0 Å². The van der Waals surface area contributed by atoms with Gasteiger partial charge in [0.05, 0.1) is 11.9 Å². The number of hydrogen-bond acceptors (Lipinski definition) is 2. The van der Waals surface area contributed by atoms with Crippen molar-refractivity contribution >= 4 is 27.3 Å². The van der Waals surface area contributed by atoms with Crippen molar-refractivity contribution < 1.29 is 9.13 Å². The Morgan fingerprint density at radius 2 is 2.19 bits per heavy atom. The second-order valence-corrected chi connectivity index (χ2v) is 5.00. The predicted molar refractivity (Wildman–Crippen MR) is 68.0 cm³/mol. The molecule has 1 aromatic heterocycles. The topological polar surface area (TPSA) is 9.23 Å². The quantitative estimate of drug-likeness (QED) is 0.764. The molecule has 0 fully saturated rings. The van der Waals surface area contributed by atoms with Gasteiger partial charge in [-0.15, -0.1) is 0 Å². The summed E-state index contributed by atoms with van der Waals surface area (Å²) in [4.78, 5) is -0.0376. The van der Waals surface area contributed by atoms with Crippen molar-refractivity contribution in [2.45, 2.75) is 4.83 Å². The fraction of sp³-hybridized carbons (Fsp3) is 0.167. The summed E-state index contributed by atoms with van der Waals surface area (Å²) >= 11 is 5.17. The number of methoxy groups -OCH3 is 1. The van der Waals surface area contributed by atoms with Gasteiger partial charge in [0.15, 0.2) is 0 Å². The fourth-order valence-corrected chi connectivity index (χ4v) is 3.01. The third-order valence-electron chi connectivity index (χ3n) is 2.30. The van der Waals surface area contributed by atoms with Crippen LogP contribution in [0.3, 0.4) is 0 Å². The molecule has 0 amide bonds. The molecule has 1 unspecified atom stereocenters. The summed E-state index contributed by atoms with van der Waals surface area (Å²) in [6.07, 6.45) is 0. The van der Waals surface area contributed by atoms with Crippen LogP contribution in [0, 0.1) is 5.82 Å². The summed E-state index contributed by atoms with van der Waals surface area (Å²) in [5.74, 6) is 0.435. The second-order valence-electron chi connectivity index (χ2n) is 3.31. The SMILES string of the molecule is COc1ccc(F)cc1C(Br)c1ccsc1. The number of thiophene rings is 1. The van der Waals surface area contributed by atoms with Gasteiger partial charge in [0.1, 0.15) is 11.6 Å². The highest BCUT2D eigenvalue weighted by atomic mass is 79.9. The van der Waals surface area contributed by atoms with E-state index in [1.165, 1.54) is 12.1 Å². The molecule has 84 valence electrons. The first kappa shape index (κ1) is 11.6. The van der Waals surface area contributed by atoms with E-state index in [0.29, 0.717) is 5.75 Å². The van der Waals surface area contributed by atoms with Gasteiger partial charge in [-0.2, -0.15) is 11.3 Å². The lowest BCUT2D eigenvalue weighted by molar-refractivity contribution is 0.409. The summed E-state index contributed by atoms with van der Waals surface area (Å²) < 4.78 is 18.4. The zero-order valence-electron chi connectivity index (χ0n) is 8.61. The summed E-state index contributed by atoms with van der Waals surface area (Å²) in [7, 11) is 1.59. The lowest BCUT2D eigenvalue weighted by Gasteiger charge is -2.13. The third kappa shape index (κ3) is 2.28. The van der Waals surface area contributed by atoms with Crippen LogP contribution in [-0.4, -0.2) is 7.11 Å². The Labute approximate surface area is 106 Å². The van der Waals surface area contributed by atoms with Crippen LogP contribution < -0.4 is 4.74 Å². The van der Waals surface area contributed by atoms with E-state index >= 15 is 0 Å². The highest BCUT2D eigenvalue weighted by Gasteiger charge is 2.16. The summed E-state index contributed by atoms with van der Waals surface area (Å²) in [5, 5.41) is 4.03. The number of alkyl halides is 1. The number of rotatable bonds is 3. The fourth-order valence-electron chi connectivity index (χ4n) is 1.50. The highest BCUT2D eigenvalue weighted by molar-refractivity contribution is 9.09. The molecule has 0 radical (unpaired) electrons. The molecule has 2 aromatic rings. The van der Waals surface area contributed by atoms with Gasteiger partial charge in [-0.05, 0) is 40.6 Å². The maximum atomic E-state index is 13.2. The molecule has 16 heavy (non-hydrogen) atoms. The molecule has 2 rings (SSSR count). The van der Waals surface area contributed by atoms with Gasteiger partial charge in [0.25, 0.3) is 0 Å². The van der Waals surface area contributed by atoms with E-state index in [0.717, 1.165) is 11.1 Å². The Kier molecular flexibility index (Phi) is 3.61. The normalized spacial score (nSPS) is 12.4. The highest BCUT2D eigenvalue weighted by Crippen LogP contribution is 2.37. The van der Waals surface area contributed by atoms with E-state index in [4.69, 9.17) is 4.74 Å². The number of hydrogen-bond donors (Lipinski definition) is 0. The minimum atomic E-state index is -0.254. The van der Waals surface area contributed by atoms with Crippen LogP contribution in [0.1, 0.15) is 16.0 Å². The Hall–Kier alpha value is -0.870. The van der Waals surface area contributed by atoms with Crippen molar-refractivity contribution in [1.29, 1.82) is 0 Å². The molecule has 0 N–H and O–H groups in total. The van der Waals surface area contributed by atoms with Crippen LogP contribution in [-0.2, 0) is 0 Å². The molecule has 0 bridgehead atoms. The monoisotopic (exact) mass is 300 g/mol. The van der Waals surface area contributed by atoms with Crippen molar-refractivity contribution in [3.05, 3.63) is 52.0 Å². The average Bonchev–Trinajstić information content (AvgIpc) is 2.81. The van der Waals surface area contributed by atoms with Crippen LogP contribution in [0.5, 0.6) is 5.75 Å². The van der Waals surface area contributed by atoms with Crippen molar-refractivity contribution in [1.82, 2.24) is 0 Å². The maximum Gasteiger partial charge on any atom is 0.123 e. The second kappa shape index (κ2) is 4.97. The molecule has 0 aliphatic carbocycles. The van der Waals surface area contributed by atoms with Crippen molar-refractivity contribution in [3.63, 3.8) is 0 Å². The Balaban J connectivity index is 2.42. The first-order valence-corrected chi connectivity index (χ1v) is 6.58. The summed E-state index contributed by atoms with van der Waals surface area (Å²) in [5.41, 5.74) is 1.91. The minimum Gasteiger partial charge on any atom is -0.496 e. The van der Waals surface area contributed by atoms with Gasteiger partial charge in [-0.3, -0.25) is 0 Å². The van der Waals surface area contributed by atoms with Gasteiger partial charge in [0, 0.05) is 5.56 Å². The lowest BCUT2D eigenvalue weighted by atomic mass is 10.1. The molecule has 0 aliphatic rings. The molecule has 1 nitrogen and oxygen atoms in total. The molecule has 0 aliphatic heterocycles. The van der Waals surface area contributed by atoms with Gasteiger partial charge < -0.3 is 4.74 Å². The zero-order chi connectivity index (χ0) is 11.5. The molecular formula is C12H10BrFOS. The van der Waals surface area contributed by atoms with Gasteiger partial charge in [0.2, 0.25) is 0 Å². The van der Waals surface area contributed by atoms with E-state index < -0.39 is 0 Å². The molecular weight excluding hydrogens is 291 g/mol. The Morgan fingerprint density at radius 1 is 1.38 bits per heavy atom. The molecule has 1 atom stereocenters. The molecule has 0 saturated heterocycles. The number of benzene rings is 1. The van der Waals surface area contributed by atoms with E-state index in [9.17, 15) is 4.39 Å². The standard InChI is InChI=1S/C12H10BrFOS/c1-15-11-3-2-9(14)6-10(11)12(13)8-4-5-16-7-8/h2-7,12H,1H3. The van der Waals surface area contributed by atoms with Crippen LogP contribution in [0.4, 0.5) is 4.39 Å². The molecule has 4 heteroatoms. The predicted octanol–water partition coefficient (Wildman–Crippen LogP) is 4.38. The van der Waals surface area contributed by atoms with Crippen LogP contribution >= 0.6 is 27.3 Å². The van der Waals surface area contributed by atoms with Crippen molar-refractivity contribution in [2.75, 3.05) is 7.11 Å². The Bertz CT molecular complexity index is 470. The molecule has 0 spiro atoms.